The highest BCUT2D eigenvalue weighted by Gasteiger charge is 2.06. The van der Waals surface area contributed by atoms with Crippen LogP contribution in [0.5, 0.6) is 0 Å². The first kappa shape index (κ1) is 14.9. The first-order valence-electron chi connectivity index (χ1n) is 5.65. The summed E-state index contributed by atoms with van der Waals surface area (Å²) in [7, 11) is -3.63. The third-order valence-corrected chi connectivity index (χ3v) is 3.18. The molecule has 1 aromatic rings. The van der Waals surface area contributed by atoms with Crippen LogP contribution in [0.2, 0.25) is 0 Å². The summed E-state index contributed by atoms with van der Waals surface area (Å²) < 4.78 is 22.1. The molecule has 1 unspecified atom stereocenters. The van der Waals surface area contributed by atoms with Gasteiger partial charge in [-0.05, 0) is 31.2 Å². The van der Waals surface area contributed by atoms with E-state index in [4.69, 9.17) is 10.2 Å². The smallest absolute Gasteiger partial charge is 0.238 e. The molecule has 1 atom stereocenters. The van der Waals surface area contributed by atoms with Gasteiger partial charge in [-0.1, -0.05) is 0 Å². The minimum atomic E-state index is -3.63. The van der Waals surface area contributed by atoms with E-state index >= 15 is 0 Å². The van der Waals surface area contributed by atoms with E-state index < -0.39 is 10.0 Å². The largest absolute Gasteiger partial charge is 0.392 e. The number of aliphatic hydroxyl groups is 1. The quantitative estimate of drug-likeness (QED) is 0.511. The third kappa shape index (κ3) is 5.46. The molecule has 0 heterocycles. The highest BCUT2D eigenvalue weighted by atomic mass is 32.2. The zero-order valence-corrected chi connectivity index (χ0v) is 11.1. The molecule has 102 valence electrons. The molecule has 0 spiro atoms. The lowest BCUT2D eigenvalue weighted by Gasteiger charge is -2.09. The minimum absolute atomic E-state index is 0.0975. The van der Waals surface area contributed by atoms with E-state index in [1.54, 1.807) is 19.1 Å². The molecule has 5 N–H and O–H groups in total. The maximum absolute atomic E-state index is 11.0. The number of hydrogen-bond acceptors (Lipinski definition) is 5. The van der Waals surface area contributed by atoms with Gasteiger partial charge in [0.05, 0.1) is 11.0 Å². The standard InChI is InChI=1S/C11H19N3O3S/c1-9(15)8-13-6-7-14-10-2-4-11(5-3-10)18(12,16)17/h2-5,9,13-15H,6-8H2,1H3,(H2,12,16,17). The van der Waals surface area contributed by atoms with Gasteiger partial charge in [-0.15, -0.1) is 0 Å². The Morgan fingerprint density at radius 3 is 2.39 bits per heavy atom. The summed E-state index contributed by atoms with van der Waals surface area (Å²) in [4.78, 5) is 0.0975. The van der Waals surface area contributed by atoms with Crippen molar-refractivity contribution >= 4 is 15.7 Å². The predicted molar refractivity (Wildman–Crippen MR) is 70.9 cm³/mol. The zero-order chi connectivity index (χ0) is 13.6. The fourth-order valence-corrected chi connectivity index (χ4v) is 1.88. The van der Waals surface area contributed by atoms with Gasteiger partial charge in [0.25, 0.3) is 0 Å². The molecule has 0 aliphatic rings. The van der Waals surface area contributed by atoms with Crippen molar-refractivity contribution in [2.45, 2.75) is 17.9 Å². The topological polar surface area (TPSA) is 104 Å². The van der Waals surface area contributed by atoms with Gasteiger partial charge in [-0.2, -0.15) is 0 Å². The SMILES string of the molecule is CC(O)CNCCNc1ccc(S(N)(=O)=O)cc1. The molecule has 0 saturated carbocycles. The average molecular weight is 273 g/mol. The predicted octanol–water partition coefficient (Wildman–Crippen LogP) is -0.284. The molecule has 0 radical (unpaired) electrons. The Kier molecular flexibility index (Phi) is 5.54. The van der Waals surface area contributed by atoms with Crippen LogP contribution in [0, 0.1) is 0 Å². The molecule has 0 fully saturated rings. The highest BCUT2D eigenvalue weighted by molar-refractivity contribution is 7.89. The third-order valence-electron chi connectivity index (χ3n) is 2.25. The van der Waals surface area contributed by atoms with E-state index in [1.807, 2.05) is 0 Å². The Bertz CT molecular complexity index is 457. The molecule has 0 aliphatic heterocycles. The van der Waals surface area contributed by atoms with Crippen molar-refractivity contribution in [2.75, 3.05) is 25.0 Å². The van der Waals surface area contributed by atoms with Gasteiger partial charge in [-0.3, -0.25) is 0 Å². The molecule has 18 heavy (non-hydrogen) atoms. The van der Waals surface area contributed by atoms with Crippen LogP contribution in [0.1, 0.15) is 6.92 Å². The van der Waals surface area contributed by atoms with Gasteiger partial charge < -0.3 is 15.7 Å². The van der Waals surface area contributed by atoms with Crippen molar-refractivity contribution in [1.29, 1.82) is 0 Å². The van der Waals surface area contributed by atoms with Crippen LogP contribution in [-0.4, -0.2) is 39.3 Å². The average Bonchev–Trinajstić information content (AvgIpc) is 2.27. The lowest BCUT2D eigenvalue weighted by atomic mass is 10.3. The number of hydrogen-bond donors (Lipinski definition) is 4. The summed E-state index contributed by atoms with van der Waals surface area (Å²) in [6, 6.07) is 6.24. The fraction of sp³-hybridized carbons (Fsp3) is 0.455. The first-order valence-corrected chi connectivity index (χ1v) is 7.20. The highest BCUT2D eigenvalue weighted by Crippen LogP contribution is 2.12. The summed E-state index contributed by atoms with van der Waals surface area (Å²) in [6.45, 7) is 3.65. The van der Waals surface area contributed by atoms with Crippen molar-refractivity contribution in [2.24, 2.45) is 5.14 Å². The molecular formula is C11H19N3O3S. The van der Waals surface area contributed by atoms with E-state index in [9.17, 15) is 8.42 Å². The van der Waals surface area contributed by atoms with Crippen molar-refractivity contribution in [3.05, 3.63) is 24.3 Å². The number of nitrogens with two attached hydrogens (primary N) is 1. The summed E-state index contributed by atoms with van der Waals surface area (Å²) in [5, 5.41) is 20.2. The molecule has 1 rings (SSSR count). The molecule has 6 nitrogen and oxygen atoms in total. The van der Waals surface area contributed by atoms with Gasteiger partial charge in [0.15, 0.2) is 0 Å². The lowest BCUT2D eigenvalue weighted by Crippen LogP contribution is -2.28. The van der Waals surface area contributed by atoms with Crippen molar-refractivity contribution < 1.29 is 13.5 Å². The Labute approximate surface area is 107 Å². The number of rotatable bonds is 7. The van der Waals surface area contributed by atoms with Crippen molar-refractivity contribution in [3.8, 4) is 0 Å². The van der Waals surface area contributed by atoms with Crippen molar-refractivity contribution in [1.82, 2.24) is 5.32 Å². The van der Waals surface area contributed by atoms with Crippen LogP contribution in [0.25, 0.3) is 0 Å². The van der Waals surface area contributed by atoms with Crippen LogP contribution in [-0.2, 0) is 10.0 Å². The fourth-order valence-electron chi connectivity index (χ4n) is 1.37. The minimum Gasteiger partial charge on any atom is -0.392 e. The van der Waals surface area contributed by atoms with E-state index in [-0.39, 0.29) is 11.0 Å². The number of aliphatic hydroxyl groups excluding tert-OH is 1. The number of sulfonamides is 1. The zero-order valence-electron chi connectivity index (χ0n) is 10.3. The summed E-state index contributed by atoms with van der Waals surface area (Å²) in [6.07, 6.45) is -0.362. The number of benzene rings is 1. The van der Waals surface area contributed by atoms with Crippen LogP contribution >= 0.6 is 0 Å². The molecule has 0 saturated heterocycles. The van der Waals surface area contributed by atoms with Crippen LogP contribution in [0.3, 0.4) is 0 Å². The molecule has 1 aromatic carbocycles. The molecule has 0 aliphatic carbocycles. The Morgan fingerprint density at radius 2 is 1.89 bits per heavy atom. The van der Waals surface area contributed by atoms with Crippen LogP contribution in [0.15, 0.2) is 29.2 Å². The van der Waals surface area contributed by atoms with Gasteiger partial charge in [-0.25, -0.2) is 13.6 Å². The van der Waals surface area contributed by atoms with E-state index in [0.717, 1.165) is 5.69 Å². The Balaban J connectivity index is 2.36. The second-order valence-electron chi connectivity index (χ2n) is 4.05. The summed E-state index contributed by atoms with van der Waals surface area (Å²) in [5.41, 5.74) is 0.821. The van der Waals surface area contributed by atoms with Crippen molar-refractivity contribution in [3.63, 3.8) is 0 Å². The summed E-state index contributed by atoms with van der Waals surface area (Å²) >= 11 is 0. The van der Waals surface area contributed by atoms with E-state index in [0.29, 0.717) is 19.6 Å². The molecule has 0 amide bonds. The molecule has 0 aromatic heterocycles. The molecule has 0 bridgehead atoms. The van der Waals surface area contributed by atoms with Gasteiger partial charge in [0, 0.05) is 25.3 Å². The normalized spacial score (nSPS) is 13.3. The Hall–Kier alpha value is -1.15. The monoisotopic (exact) mass is 273 g/mol. The molecular weight excluding hydrogens is 254 g/mol. The second kappa shape index (κ2) is 6.69. The van der Waals surface area contributed by atoms with E-state index in [1.165, 1.54) is 12.1 Å². The molecule has 7 heteroatoms. The van der Waals surface area contributed by atoms with Crippen LogP contribution in [0.4, 0.5) is 5.69 Å². The second-order valence-corrected chi connectivity index (χ2v) is 5.61. The van der Waals surface area contributed by atoms with Gasteiger partial charge in [0.2, 0.25) is 10.0 Å². The van der Waals surface area contributed by atoms with Crippen LogP contribution < -0.4 is 15.8 Å². The Morgan fingerprint density at radius 1 is 1.28 bits per heavy atom. The maximum atomic E-state index is 11.0. The summed E-state index contributed by atoms with van der Waals surface area (Å²) in [5.74, 6) is 0. The van der Waals surface area contributed by atoms with E-state index in [2.05, 4.69) is 10.6 Å². The maximum Gasteiger partial charge on any atom is 0.238 e. The number of anilines is 1. The van der Waals surface area contributed by atoms with Gasteiger partial charge in [0.1, 0.15) is 0 Å². The lowest BCUT2D eigenvalue weighted by molar-refractivity contribution is 0.192. The first-order chi connectivity index (χ1) is 8.39. The number of nitrogens with one attached hydrogen (secondary N) is 2. The number of primary sulfonamides is 1. The van der Waals surface area contributed by atoms with Gasteiger partial charge >= 0.3 is 0 Å².